The number of para-hydroxylation sites is 2. The van der Waals surface area contributed by atoms with Crippen LogP contribution in [-0.2, 0) is 5.41 Å². The van der Waals surface area contributed by atoms with E-state index in [1.165, 1.54) is 60.2 Å². The van der Waals surface area contributed by atoms with E-state index in [-0.39, 0.29) is 5.41 Å². The molecule has 10 aromatic rings. The van der Waals surface area contributed by atoms with Gasteiger partial charge in [-0.15, -0.1) is 0 Å². The number of rotatable bonds is 3. The van der Waals surface area contributed by atoms with Crippen LogP contribution >= 0.6 is 0 Å². The van der Waals surface area contributed by atoms with Crippen molar-refractivity contribution in [3.63, 3.8) is 0 Å². The molecule has 11 rings (SSSR count). The lowest BCUT2D eigenvalue weighted by Gasteiger charge is -2.35. The first-order valence-corrected chi connectivity index (χ1v) is 17.6. The van der Waals surface area contributed by atoms with Gasteiger partial charge in [0.2, 0.25) is 5.95 Å². The first kappa shape index (κ1) is 28.3. The minimum Gasteiger partial charge on any atom is -0.309 e. The van der Waals surface area contributed by atoms with Crippen molar-refractivity contribution in [1.29, 1.82) is 0 Å². The molecule has 0 spiro atoms. The normalized spacial score (nSPS) is 13.5. The predicted octanol–water partition coefficient (Wildman–Crippen LogP) is 11.8. The summed E-state index contributed by atoms with van der Waals surface area (Å²) in [7, 11) is 0. The van der Waals surface area contributed by atoms with Crippen LogP contribution in [0.15, 0.2) is 158 Å². The maximum atomic E-state index is 5.39. The van der Waals surface area contributed by atoms with E-state index in [4.69, 9.17) is 9.97 Å². The number of benzene rings is 7. The van der Waals surface area contributed by atoms with Crippen LogP contribution in [0.1, 0.15) is 25.0 Å². The molecule has 0 N–H and O–H groups in total. The minimum absolute atomic E-state index is 0.295. The summed E-state index contributed by atoms with van der Waals surface area (Å²) < 4.78 is 4.84. The maximum absolute atomic E-state index is 5.39. The summed E-state index contributed by atoms with van der Waals surface area (Å²) in [6.45, 7) is 4.80. The molecule has 51 heavy (non-hydrogen) atoms. The zero-order chi connectivity index (χ0) is 33.8. The molecule has 4 nitrogen and oxygen atoms in total. The number of aromatic nitrogens is 4. The van der Waals surface area contributed by atoms with Gasteiger partial charge in [0, 0.05) is 38.1 Å². The van der Waals surface area contributed by atoms with Crippen LogP contribution in [0.3, 0.4) is 0 Å². The fourth-order valence-electron chi connectivity index (χ4n) is 8.84. The lowest BCUT2D eigenvalue weighted by atomic mass is 9.73. The molecule has 1 aliphatic heterocycles. The van der Waals surface area contributed by atoms with Gasteiger partial charge in [0.15, 0.2) is 0 Å². The molecule has 0 radical (unpaired) electrons. The van der Waals surface area contributed by atoms with E-state index in [9.17, 15) is 0 Å². The molecule has 0 saturated heterocycles. The molecule has 0 fully saturated rings. The van der Waals surface area contributed by atoms with Gasteiger partial charge in [-0.3, -0.25) is 4.57 Å². The molecule has 1 aliphatic rings. The van der Waals surface area contributed by atoms with Gasteiger partial charge in [-0.2, -0.15) is 0 Å². The Morgan fingerprint density at radius 2 is 1.10 bits per heavy atom. The Morgan fingerprint density at radius 3 is 1.84 bits per heavy atom. The molecule has 4 heteroatoms. The van der Waals surface area contributed by atoms with Gasteiger partial charge in [-0.05, 0) is 52.2 Å². The Bertz CT molecular complexity index is 2980. The monoisotopic (exact) mass is 652 g/mol. The summed E-state index contributed by atoms with van der Waals surface area (Å²) >= 11 is 0. The van der Waals surface area contributed by atoms with Crippen LogP contribution in [0.5, 0.6) is 0 Å². The van der Waals surface area contributed by atoms with Gasteiger partial charge < -0.3 is 4.57 Å². The van der Waals surface area contributed by atoms with Gasteiger partial charge in [-0.25, -0.2) is 9.97 Å². The van der Waals surface area contributed by atoms with Crippen LogP contribution in [0.25, 0.3) is 88.5 Å². The van der Waals surface area contributed by atoms with Gasteiger partial charge in [0.25, 0.3) is 0 Å². The van der Waals surface area contributed by atoms with Crippen molar-refractivity contribution in [2.75, 3.05) is 0 Å². The summed E-state index contributed by atoms with van der Waals surface area (Å²) in [5.74, 6) is 0.662. The SMILES string of the molecule is CC1(C)c2ccccc2-n2c3ccccc3c3cc4c(c1c32)c1c2ccccc2ccc1n4-c1nc(-c2ccccc2)cc(-c2ccccc2)n1. The predicted molar refractivity (Wildman–Crippen MR) is 211 cm³/mol. The van der Waals surface area contributed by atoms with Crippen molar-refractivity contribution in [3.05, 3.63) is 169 Å². The number of fused-ring (bicyclic) bond motifs is 11. The summed E-state index contributed by atoms with van der Waals surface area (Å²) in [6.07, 6.45) is 0. The topological polar surface area (TPSA) is 35.6 Å². The second-order valence-electron chi connectivity index (χ2n) is 14.2. The second-order valence-corrected chi connectivity index (χ2v) is 14.2. The summed E-state index contributed by atoms with van der Waals surface area (Å²) in [6, 6.07) is 56.5. The molecular weight excluding hydrogens is 621 g/mol. The standard InChI is InChI=1S/C47H32N4/c1-47(2)35-22-12-14-24-39(35)50-38-23-13-11-21-33(38)34-27-41-43(44(47)45(34)50)42-32-20-10-9-15-29(32)25-26-40(42)51(41)46-48-36(30-16-5-3-6-17-30)28-37(49-46)31-18-7-4-8-19-31/h3-28H,1-2H3. The number of nitrogens with zero attached hydrogens (tertiary/aromatic N) is 4. The lowest BCUT2D eigenvalue weighted by Crippen LogP contribution is -2.26. The van der Waals surface area contributed by atoms with Gasteiger partial charge in [0.1, 0.15) is 0 Å². The third-order valence-corrected chi connectivity index (χ3v) is 11.1. The van der Waals surface area contributed by atoms with Crippen LogP contribution in [0, 0.1) is 0 Å². The molecule has 240 valence electrons. The smallest absolute Gasteiger partial charge is 0.235 e. The molecule has 0 unspecified atom stereocenters. The van der Waals surface area contributed by atoms with Crippen molar-refractivity contribution in [1.82, 2.24) is 19.1 Å². The highest BCUT2D eigenvalue weighted by molar-refractivity contribution is 6.27. The minimum atomic E-state index is -0.295. The molecule has 0 bridgehead atoms. The lowest BCUT2D eigenvalue weighted by molar-refractivity contribution is 0.636. The zero-order valence-corrected chi connectivity index (χ0v) is 28.3. The molecule has 0 amide bonds. The summed E-state index contributed by atoms with van der Waals surface area (Å²) in [4.78, 5) is 10.8. The van der Waals surface area contributed by atoms with Crippen LogP contribution in [-0.4, -0.2) is 19.1 Å². The van der Waals surface area contributed by atoms with Crippen molar-refractivity contribution < 1.29 is 0 Å². The van der Waals surface area contributed by atoms with E-state index in [0.29, 0.717) is 5.95 Å². The fraction of sp³-hybridized carbons (Fsp3) is 0.0638. The van der Waals surface area contributed by atoms with Crippen molar-refractivity contribution in [2.24, 2.45) is 0 Å². The van der Waals surface area contributed by atoms with Crippen LogP contribution < -0.4 is 0 Å². The van der Waals surface area contributed by atoms with E-state index >= 15 is 0 Å². The Balaban J connectivity index is 1.38. The third-order valence-electron chi connectivity index (χ3n) is 11.1. The molecule has 0 saturated carbocycles. The van der Waals surface area contributed by atoms with Crippen molar-refractivity contribution >= 4 is 54.4 Å². The average molecular weight is 653 g/mol. The Labute approximate surface area is 294 Å². The largest absolute Gasteiger partial charge is 0.309 e. The number of hydrogen-bond acceptors (Lipinski definition) is 2. The Morgan fingerprint density at radius 1 is 0.471 bits per heavy atom. The Kier molecular flexibility index (Phi) is 5.70. The Hall–Kier alpha value is -6.52. The highest BCUT2D eigenvalue weighted by Crippen LogP contribution is 2.53. The van der Waals surface area contributed by atoms with Crippen molar-refractivity contribution in [3.8, 4) is 34.2 Å². The van der Waals surface area contributed by atoms with Crippen LogP contribution in [0.4, 0.5) is 0 Å². The molecule has 3 aromatic heterocycles. The second kappa shape index (κ2) is 10.3. The highest BCUT2D eigenvalue weighted by atomic mass is 15.2. The molecule has 0 aliphatic carbocycles. The highest BCUT2D eigenvalue weighted by Gasteiger charge is 2.38. The quantitative estimate of drug-likeness (QED) is 0.190. The van der Waals surface area contributed by atoms with Gasteiger partial charge in [-0.1, -0.05) is 141 Å². The van der Waals surface area contributed by atoms with Crippen LogP contribution in [0.2, 0.25) is 0 Å². The fourth-order valence-corrected chi connectivity index (χ4v) is 8.84. The van der Waals surface area contributed by atoms with E-state index in [1.54, 1.807) is 0 Å². The summed E-state index contributed by atoms with van der Waals surface area (Å²) in [5, 5.41) is 7.43. The third kappa shape index (κ3) is 3.85. The molecule has 7 aromatic carbocycles. The summed E-state index contributed by atoms with van der Waals surface area (Å²) in [5.41, 5.74) is 12.2. The van der Waals surface area contributed by atoms with Crippen molar-refractivity contribution in [2.45, 2.75) is 19.3 Å². The van der Waals surface area contributed by atoms with E-state index in [2.05, 4.69) is 181 Å². The molecule has 0 atom stereocenters. The van der Waals surface area contributed by atoms with E-state index in [1.807, 2.05) is 0 Å². The first-order chi connectivity index (χ1) is 25.1. The zero-order valence-electron chi connectivity index (χ0n) is 28.3. The van der Waals surface area contributed by atoms with Gasteiger partial charge in [0.05, 0.1) is 39.1 Å². The molecular formula is C47H32N4. The maximum Gasteiger partial charge on any atom is 0.235 e. The van der Waals surface area contributed by atoms with Gasteiger partial charge >= 0.3 is 0 Å². The number of hydrogen-bond donors (Lipinski definition) is 0. The first-order valence-electron chi connectivity index (χ1n) is 17.6. The van der Waals surface area contributed by atoms with E-state index < -0.39 is 0 Å². The average Bonchev–Trinajstić information content (AvgIpc) is 3.70. The van der Waals surface area contributed by atoms with E-state index in [0.717, 1.165) is 33.5 Å². The molecule has 4 heterocycles.